The van der Waals surface area contributed by atoms with Crippen LogP contribution in [0.25, 0.3) is 0 Å². The highest BCUT2D eigenvalue weighted by molar-refractivity contribution is 7.89. The number of amides is 1. The van der Waals surface area contributed by atoms with E-state index in [0.717, 1.165) is 0 Å². The van der Waals surface area contributed by atoms with Crippen LogP contribution in [0.5, 0.6) is 0 Å². The largest absolute Gasteiger partial charge is 0.383 e. The van der Waals surface area contributed by atoms with E-state index in [-0.39, 0.29) is 13.2 Å². The molecule has 0 saturated carbocycles. The molecule has 0 bridgehead atoms. The fourth-order valence-electron chi connectivity index (χ4n) is 1.32. The molecule has 1 aromatic rings. The first-order valence-electron chi connectivity index (χ1n) is 5.07. The van der Waals surface area contributed by atoms with E-state index >= 15 is 0 Å². The number of nitrogens with two attached hydrogens (primary N) is 1. The van der Waals surface area contributed by atoms with Crippen LogP contribution in [-0.4, -0.2) is 34.6 Å². The van der Waals surface area contributed by atoms with Gasteiger partial charge in [-0.1, -0.05) is 0 Å². The fourth-order valence-corrected chi connectivity index (χ4v) is 1.93. The SMILES string of the molecule is COCCNC(=O)c1c(F)ccc(S(N)(=O)=O)c1F. The van der Waals surface area contributed by atoms with E-state index < -0.39 is 38.0 Å². The Bertz CT molecular complexity index is 589. The third-order valence-corrected chi connectivity index (χ3v) is 3.11. The van der Waals surface area contributed by atoms with Crippen molar-refractivity contribution in [2.75, 3.05) is 20.3 Å². The molecule has 3 N–H and O–H groups in total. The van der Waals surface area contributed by atoms with Gasteiger partial charge >= 0.3 is 0 Å². The van der Waals surface area contributed by atoms with Crippen molar-refractivity contribution in [1.82, 2.24) is 5.32 Å². The quantitative estimate of drug-likeness (QED) is 0.746. The summed E-state index contributed by atoms with van der Waals surface area (Å²) in [6.45, 7) is 0.164. The number of carbonyl (C=O) groups is 1. The van der Waals surface area contributed by atoms with E-state index in [1.165, 1.54) is 7.11 Å². The van der Waals surface area contributed by atoms with Crippen molar-refractivity contribution in [2.24, 2.45) is 5.14 Å². The molecule has 6 nitrogen and oxygen atoms in total. The van der Waals surface area contributed by atoms with Gasteiger partial charge in [-0.15, -0.1) is 0 Å². The van der Waals surface area contributed by atoms with Crippen molar-refractivity contribution in [2.45, 2.75) is 4.90 Å². The minimum absolute atomic E-state index is 0.0216. The second-order valence-electron chi connectivity index (χ2n) is 3.53. The molecule has 0 radical (unpaired) electrons. The van der Waals surface area contributed by atoms with Gasteiger partial charge in [0.1, 0.15) is 16.3 Å². The first-order chi connectivity index (χ1) is 8.79. The highest BCUT2D eigenvalue weighted by atomic mass is 32.2. The molecule has 0 atom stereocenters. The number of hydrogen-bond donors (Lipinski definition) is 2. The van der Waals surface area contributed by atoms with Crippen molar-refractivity contribution < 1.29 is 26.7 Å². The van der Waals surface area contributed by atoms with Crippen LogP contribution in [0.4, 0.5) is 8.78 Å². The Kier molecular flexibility index (Phi) is 4.92. The maximum absolute atomic E-state index is 13.8. The number of sulfonamides is 1. The summed E-state index contributed by atoms with van der Waals surface area (Å²) < 4.78 is 54.0. The number of benzene rings is 1. The van der Waals surface area contributed by atoms with Gasteiger partial charge in [-0.2, -0.15) is 0 Å². The molecule has 0 aliphatic heterocycles. The van der Waals surface area contributed by atoms with Crippen LogP contribution in [0.2, 0.25) is 0 Å². The zero-order valence-corrected chi connectivity index (χ0v) is 10.8. The minimum Gasteiger partial charge on any atom is -0.383 e. The van der Waals surface area contributed by atoms with Gasteiger partial charge in [0.15, 0.2) is 5.82 Å². The zero-order chi connectivity index (χ0) is 14.6. The van der Waals surface area contributed by atoms with Crippen LogP contribution in [0.15, 0.2) is 17.0 Å². The second-order valence-corrected chi connectivity index (χ2v) is 5.06. The summed E-state index contributed by atoms with van der Waals surface area (Å²) in [6.07, 6.45) is 0. The van der Waals surface area contributed by atoms with E-state index in [4.69, 9.17) is 5.14 Å². The lowest BCUT2D eigenvalue weighted by molar-refractivity contribution is 0.0928. The number of halogens is 2. The topological polar surface area (TPSA) is 98.5 Å². The molecule has 0 aromatic heterocycles. The minimum atomic E-state index is -4.38. The molecule has 0 aliphatic carbocycles. The Morgan fingerprint density at radius 2 is 2.05 bits per heavy atom. The van der Waals surface area contributed by atoms with E-state index in [2.05, 4.69) is 10.1 Å². The highest BCUT2D eigenvalue weighted by Crippen LogP contribution is 2.19. The molecule has 0 aliphatic rings. The van der Waals surface area contributed by atoms with Gasteiger partial charge in [-0.3, -0.25) is 4.79 Å². The van der Waals surface area contributed by atoms with Crippen molar-refractivity contribution in [3.8, 4) is 0 Å². The predicted octanol–water partition coefficient (Wildman–Crippen LogP) is -0.0116. The lowest BCUT2D eigenvalue weighted by atomic mass is 10.2. The molecule has 0 unspecified atom stereocenters. The average Bonchev–Trinajstić information content (AvgIpc) is 2.27. The maximum atomic E-state index is 13.8. The van der Waals surface area contributed by atoms with Gasteiger partial charge in [0.2, 0.25) is 10.0 Å². The van der Waals surface area contributed by atoms with Crippen LogP contribution >= 0.6 is 0 Å². The van der Waals surface area contributed by atoms with Gasteiger partial charge in [0.05, 0.1) is 6.61 Å². The van der Waals surface area contributed by atoms with Gasteiger partial charge < -0.3 is 10.1 Å². The van der Waals surface area contributed by atoms with Crippen molar-refractivity contribution in [3.05, 3.63) is 29.3 Å². The molecule has 1 amide bonds. The molecular formula is C10H12F2N2O4S. The number of primary sulfonamides is 1. The van der Waals surface area contributed by atoms with E-state index in [0.29, 0.717) is 12.1 Å². The van der Waals surface area contributed by atoms with E-state index in [1.54, 1.807) is 0 Å². The molecule has 0 saturated heterocycles. The summed E-state index contributed by atoms with van der Waals surface area (Å²) >= 11 is 0. The molecule has 9 heteroatoms. The molecule has 106 valence electrons. The Balaban J connectivity index is 3.17. The average molecular weight is 294 g/mol. The summed E-state index contributed by atoms with van der Waals surface area (Å²) in [5, 5.41) is 6.94. The summed E-state index contributed by atoms with van der Waals surface area (Å²) in [5.74, 6) is -3.78. The molecule has 0 spiro atoms. The standard InChI is InChI=1S/C10H12F2N2O4S/c1-18-5-4-14-10(15)8-6(11)2-3-7(9(8)12)19(13,16)17/h2-3H,4-5H2,1H3,(H,14,15)(H2,13,16,17). The summed E-state index contributed by atoms with van der Waals surface area (Å²) in [7, 11) is -2.99. The number of rotatable bonds is 5. The van der Waals surface area contributed by atoms with Gasteiger partial charge in [-0.25, -0.2) is 22.3 Å². The number of carbonyl (C=O) groups excluding carboxylic acids is 1. The second kappa shape index (κ2) is 6.04. The Morgan fingerprint density at radius 1 is 1.42 bits per heavy atom. The third-order valence-electron chi connectivity index (χ3n) is 2.18. The van der Waals surface area contributed by atoms with Crippen LogP contribution in [0.1, 0.15) is 10.4 Å². The predicted molar refractivity (Wildman–Crippen MR) is 61.9 cm³/mol. The summed E-state index contributed by atoms with van der Waals surface area (Å²) in [6, 6.07) is 1.32. The van der Waals surface area contributed by atoms with Gasteiger partial charge in [-0.05, 0) is 12.1 Å². The zero-order valence-electron chi connectivity index (χ0n) is 9.94. The molecule has 1 aromatic carbocycles. The van der Waals surface area contributed by atoms with Gasteiger partial charge in [0.25, 0.3) is 5.91 Å². The van der Waals surface area contributed by atoms with Crippen molar-refractivity contribution >= 4 is 15.9 Å². The monoisotopic (exact) mass is 294 g/mol. The summed E-state index contributed by atoms with van der Waals surface area (Å²) in [5.41, 5.74) is -0.998. The Labute approximate surface area is 108 Å². The number of methoxy groups -OCH3 is 1. The normalized spacial score (nSPS) is 11.4. The first kappa shape index (κ1) is 15.5. The molecule has 0 fully saturated rings. The van der Waals surface area contributed by atoms with E-state index in [1.807, 2.05) is 0 Å². The van der Waals surface area contributed by atoms with Crippen LogP contribution < -0.4 is 10.5 Å². The first-order valence-corrected chi connectivity index (χ1v) is 6.61. The molecular weight excluding hydrogens is 282 g/mol. The van der Waals surface area contributed by atoms with Crippen LogP contribution in [0, 0.1) is 11.6 Å². The Hall–Kier alpha value is -1.58. The fraction of sp³-hybridized carbons (Fsp3) is 0.300. The lowest BCUT2D eigenvalue weighted by Gasteiger charge is -2.09. The third kappa shape index (κ3) is 3.69. The van der Waals surface area contributed by atoms with Crippen molar-refractivity contribution in [1.29, 1.82) is 0 Å². The highest BCUT2D eigenvalue weighted by Gasteiger charge is 2.24. The van der Waals surface area contributed by atoms with Crippen LogP contribution in [-0.2, 0) is 14.8 Å². The number of ether oxygens (including phenoxy) is 1. The Morgan fingerprint density at radius 3 is 2.58 bits per heavy atom. The van der Waals surface area contributed by atoms with Crippen molar-refractivity contribution in [3.63, 3.8) is 0 Å². The molecule has 19 heavy (non-hydrogen) atoms. The molecule has 1 rings (SSSR count). The number of hydrogen-bond acceptors (Lipinski definition) is 4. The summed E-state index contributed by atoms with van der Waals surface area (Å²) in [4.78, 5) is 10.6. The molecule has 0 heterocycles. The smallest absolute Gasteiger partial charge is 0.257 e. The maximum Gasteiger partial charge on any atom is 0.257 e. The lowest BCUT2D eigenvalue weighted by Crippen LogP contribution is -2.29. The van der Waals surface area contributed by atoms with Crippen LogP contribution in [0.3, 0.4) is 0 Å². The van der Waals surface area contributed by atoms with Gasteiger partial charge in [0, 0.05) is 13.7 Å². The number of nitrogens with one attached hydrogen (secondary N) is 1. The van der Waals surface area contributed by atoms with E-state index in [9.17, 15) is 22.0 Å².